The molecule has 0 aromatic heterocycles. The minimum Gasteiger partial charge on any atom is -0.381 e. The smallest absolute Gasteiger partial charge is 0.0590 e. The summed E-state index contributed by atoms with van der Waals surface area (Å²) < 4.78 is 10.9. The van der Waals surface area contributed by atoms with Gasteiger partial charge in [-0.05, 0) is 24.2 Å². The van der Waals surface area contributed by atoms with Crippen LogP contribution in [-0.4, -0.2) is 39.5 Å². The monoisotopic (exact) mass is 229 g/mol. The first-order chi connectivity index (χ1) is 7.58. The van der Waals surface area contributed by atoms with Crippen molar-refractivity contribution in [2.45, 2.75) is 33.6 Å². The second-order valence-electron chi connectivity index (χ2n) is 5.86. The Morgan fingerprint density at radius 2 is 2.12 bits per heavy atom. The van der Waals surface area contributed by atoms with Crippen molar-refractivity contribution in [3.63, 3.8) is 0 Å². The highest BCUT2D eigenvalue weighted by Gasteiger charge is 2.14. The minimum atomic E-state index is 0.384. The molecule has 0 aromatic carbocycles. The van der Waals surface area contributed by atoms with Crippen molar-refractivity contribution in [2.24, 2.45) is 11.3 Å². The maximum Gasteiger partial charge on any atom is 0.0590 e. The van der Waals surface area contributed by atoms with Gasteiger partial charge in [0.2, 0.25) is 0 Å². The van der Waals surface area contributed by atoms with Crippen LogP contribution in [0.1, 0.15) is 33.6 Å². The second-order valence-corrected chi connectivity index (χ2v) is 5.86. The average molecular weight is 229 g/mol. The number of hydrogen-bond acceptors (Lipinski definition) is 3. The average Bonchev–Trinajstić information content (AvgIpc) is 2.67. The van der Waals surface area contributed by atoms with E-state index in [0.717, 1.165) is 51.9 Å². The normalized spacial score (nSPS) is 21.6. The van der Waals surface area contributed by atoms with Gasteiger partial charge in [-0.3, -0.25) is 0 Å². The minimum absolute atomic E-state index is 0.384. The fraction of sp³-hybridized carbons (Fsp3) is 1.00. The van der Waals surface area contributed by atoms with Crippen molar-refractivity contribution < 1.29 is 9.47 Å². The zero-order chi connectivity index (χ0) is 11.9. The van der Waals surface area contributed by atoms with E-state index in [2.05, 4.69) is 26.1 Å². The molecule has 0 bridgehead atoms. The Bertz CT molecular complexity index is 171. The van der Waals surface area contributed by atoms with Gasteiger partial charge in [0.05, 0.1) is 13.2 Å². The fourth-order valence-electron chi connectivity index (χ4n) is 1.68. The summed E-state index contributed by atoms with van der Waals surface area (Å²) in [6.07, 6.45) is 2.33. The van der Waals surface area contributed by atoms with E-state index in [-0.39, 0.29) is 0 Å². The Balaban J connectivity index is 1.81. The summed E-state index contributed by atoms with van der Waals surface area (Å²) in [6.45, 7) is 12.3. The van der Waals surface area contributed by atoms with Gasteiger partial charge in [0, 0.05) is 26.3 Å². The predicted molar refractivity (Wildman–Crippen MR) is 66.7 cm³/mol. The lowest BCUT2D eigenvalue weighted by molar-refractivity contribution is 0.109. The summed E-state index contributed by atoms with van der Waals surface area (Å²) in [5.74, 6) is 0.717. The molecule has 0 aromatic rings. The van der Waals surface area contributed by atoms with Crippen LogP contribution in [0.25, 0.3) is 0 Å². The highest BCUT2D eigenvalue weighted by molar-refractivity contribution is 4.66. The molecule has 16 heavy (non-hydrogen) atoms. The van der Waals surface area contributed by atoms with E-state index >= 15 is 0 Å². The molecule has 3 nitrogen and oxygen atoms in total. The Labute approximate surface area is 99.9 Å². The van der Waals surface area contributed by atoms with E-state index in [1.54, 1.807) is 0 Å². The molecular formula is C13H27NO2. The largest absolute Gasteiger partial charge is 0.381 e. The van der Waals surface area contributed by atoms with E-state index in [0.29, 0.717) is 5.41 Å². The Morgan fingerprint density at radius 1 is 1.31 bits per heavy atom. The first-order valence-electron chi connectivity index (χ1n) is 6.44. The highest BCUT2D eigenvalue weighted by Crippen LogP contribution is 2.17. The molecular weight excluding hydrogens is 202 g/mol. The quantitative estimate of drug-likeness (QED) is 0.678. The summed E-state index contributed by atoms with van der Waals surface area (Å²) in [7, 11) is 0. The molecule has 0 amide bonds. The standard InChI is InChI=1S/C13H27NO2/c1-13(2,3)5-8-15-9-6-14-10-12-4-7-16-11-12/h12,14H,4-11H2,1-3H3. The van der Waals surface area contributed by atoms with Gasteiger partial charge in [0.1, 0.15) is 0 Å². The molecule has 1 N–H and O–H groups in total. The van der Waals surface area contributed by atoms with Crippen LogP contribution in [0, 0.1) is 11.3 Å². The van der Waals surface area contributed by atoms with Crippen LogP contribution in [0.15, 0.2) is 0 Å². The lowest BCUT2D eigenvalue weighted by Crippen LogP contribution is -2.26. The van der Waals surface area contributed by atoms with Crippen molar-refractivity contribution in [2.75, 3.05) is 39.5 Å². The number of ether oxygens (including phenoxy) is 2. The van der Waals surface area contributed by atoms with Gasteiger partial charge >= 0.3 is 0 Å². The van der Waals surface area contributed by atoms with Gasteiger partial charge in [-0.1, -0.05) is 20.8 Å². The summed E-state index contributed by atoms with van der Waals surface area (Å²) in [5.41, 5.74) is 0.384. The van der Waals surface area contributed by atoms with Crippen LogP contribution in [-0.2, 0) is 9.47 Å². The van der Waals surface area contributed by atoms with Crippen LogP contribution in [0.5, 0.6) is 0 Å². The summed E-state index contributed by atoms with van der Waals surface area (Å²) in [6, 6.07) is 0. The van der Waals surface area contributed by atoms with E-state index in [9.17, 15) is 0 Å². The first-order valence-corrected chi connectivity index (χ1v) is 6.44. The lowest BCUT2D eigenvalue weighted by atomic mass is 9.93. The topological polar surface area (TPSA) is 30.5 Å². The van der Waals surface area contributed by atoms with Gasteiger partial charge in [0.25, 0.3) is 0 Å². The summed E-state index contributed by atoms with van der Waals surface area (Å²) in [4.78, 5) is 0. The van der Waals surface area contributed by atoms with Crippen LogP contribution in [0.3, 0.4) is 0 Å². The van der Waals surface area contributed by atoms with E-state index in [4.69, 9.17) is 9.47 Å². The lowest BCUT2D eigenvalue weighted by Gasteiger charge is -2.17. The molecule has 0 saturated carbocycles. The Morgan fingerprint density at radius 3 is 2.75 bits per heavy atom. The van der Waals surface area contributed by atoms with Crippen molar-refractivity contribution in [1.29, 1.82) is 0 Å². The van der Waals surface area contributed by atoms with Crippen molar-refractivity contribution in [3.05, 3.63) is 0 Å². The molecule has 1 fully saturated rings. The highest BCUT2D eigenvalue weighted by atomic mass is 16.5. The van der Waals surface area contributed by atoms with E-state index in [1.165, 1.54) is 6.42 Å². The van der Waals surface area contributed by atoms with Crippen LogP contribution in [0.2, 0.25) is 0 Å². The van der Waals surface area contributed by atoms with Gasteiger partial charge < -0.3 is 14.8 Å². The molecule has 96 valence electrons. The third kappa shape index (κ3) is 7.20. The van der Waals surface area contributed by atoms with Crippen LogP contribution >= 0.6 is 0 Å². The molecule has 1 saturated heterocycles. The first kappa shape index (κ1) is 13.9. The summed E-state index contributed by atoms with van der Waals surface area (Å²) in [5, 5.41) is 3.42. The van der Waals surface area contributed by atoms with E-state index in [1.807, 2.05) is 0 Å². The second kappa shape index (κ2) is 7.25. The molecule has 0 radical (unpaired) electrons. The molecule has 1 rings (SSSR count). The maximum absolute atomic E-state index is 5.58. The summed E-state index contributed by atoms with van der Waals surface area (Å²) >= 11 is 0. The Kier molecular flexibility index (Phi) is 6.32. The maximum atomic E-state index is 5.58. The van der Waals surface area contributed by atoms with E-state index < -0.39 is 0 Å². The fourth-order valence-corrected chi connectivity index (χ4v) is 1.68. The van der Waals surface area contributed by atoms with Gasteiger partial charge in [-0.25, -0.2) is 0 Å². The molecule has 1 aliphatic rings. The molecule has 1 unspecified atom stereocenters. The zero-order valence-corrected chi connectivity index (χ0v) is 11.1. The van der Waals surface area contributed by atoms with Gasteiger partial charge in [0.15, 0.2) is 0 Å². The molecule has 1 heterocycles. The van der Waals surface area contributed by atoms with Gasteiger partial charge in [-0.2, -0.15) is 0 Å². The number of nitrogens with one attached hydrogen (secondary N) is 1. The molecule has 1 aliphatic heterocycles. The number of rotatable bonds is 7. The third-order valence-corrected chi connectivity index (χ3v) is 2.88. The van der Waals surface area contributed by atoms with Crippen molar-refractivity contribution in [3.8, 4) is 0 Å². The van der Waals surface area contributed by atoms with Gasteiger partial charge in [-0.15, -0.1) is 0 Å². The van der Waals surface area contributed by atoms with Crippen molar-refractivity contribution >= 4 is 0 Å². The molecule has 3 heteroatoms. The molecule has 1 atom stereocenters. The zero-order valence-electron chi connectivity index (χ0n) is 11.1. The SMILES string of the molecule is CC(C)(C)CCOCCNCC1CCOC1. The van der Waals surface area contributed by atoms with Crippen LogP contribution in [0.4, 0.5) is 0 Å². The molecule has 0 aliphatic carbocycles. The third-order valence-electron chi connectivity index (χ3n) is 2.88. The predicted octanol–water partition coefficient (Wildman–Crippen LogP) is 2.07. The van der Waals surface area contributed by atoms with Crippen molar-refractivity contribution in [1.82, 2.24) is 5.32 Å². The Hall–Kier alpha value is -0.120. The van der Waals surface area contributed by atoms with Crippen LogP contribution < -0.4 is 5.32 Å². The number of hydrogen-bond donors (Lipinski definition) is 1. The molecule has 0 spiro atoms.